The van der Waals surface area contributed by atoms with E-state index in [0.717, 1.165) is 30.2 Å². The SMILES string of the molecule is Cc1nn(C)c(NCCCN2CCCC2)c1N. The third-order valence-electron chi connectivity index (χ3n) is 3.41. The van der Waals surface area contributed by atoms with Crippen LogP contribution in [0, 0.1) is 6.92 Å². The summed E-state index contributed by atoms with van der Waals surface area (Å²) < 4.78 is 1.82. The number of nitrogens with one attached hydrogen (secondary N) is 1. The van der Waals surface area contributed by atoms with Crippen LogP contribution in [-0.2, 0) is 7.05 Å². The van der Waals surface area contributed by atoms with Crippen molar-refractivity contribution in [1.29, 1.82) is 0 Å². The summed E-state index contributed by atoms with van der Waals surface area (Å²) in [6, 6.07) is 0. The molecular weight excluding hydrogens is 214 g/mol. The van der Waals surface area contributed by atoms with E-state index in [1.54, 1.807) is 0 Å². The molecule has 0 spiro atoms. The summed E-state index contributed by atoms with van der Waals surface area (Å²) in [7, 11) is 1.92. The predicted molar refractivity (Wildman–Crippen MR) is 71.1 cm³/mol. The van der Waals surface area contributed by atoms with E-state index in [0.29, 0.717) is 0 Å². The van der Waals surface area contributed by atoms with Gasteiger partial charge in [0.1, 0.15) is 5.82 Å². The van der Waals surface area contributed by atoms with Crippen molar-refractivity contribution >= 4 is 11.5 Å². The van der Waals surface area contributed by atoms with Crippen molar-refractivity contribution in [3.05, 3.63) is 5.69 Å². The van der Waals surface area contributed by atoms with Gasteiger partial charge < -0.3 is 16.0 Å². The number of nitrogens with two attached hydrogens (primary N) is 1. The Hall–Kier alpha value is -1.23. The fourth-order valence-corrected chi connectivity index (χ4v) is 2.40. The summed E-state index contributed by atoms with van der Waals surface area (Å²) >= 11 is 0. The molecule has 0 unspecified atom stereocenters. The smallest absolute Gasteiger partial charge is 0.147 e. The van der Waals surface area contributed by atoms with Crippen LogP contribution in [-0.4, -0.2) is 40.9 Å². The van der Waals surface area contributed by atoms with Gasteiger partial charge >= 0.3 is 0 Å². The van der Waals surface area contributed by atoms with Gasteiger partial charge in [-0.1, -0.05) is 0 Å². The van der Waals surface area contributed by atoms with Crippen LogP contribution in [0.3, 0.4) is 0 Å². The molecule has 1 saturated heterocycles. The Morgan fingerprint density at radius 3 is 2.65 bits per heavy atom. The van der Waals surface area contributed by atoms with Gasteiger partial charge in [0.25, 0.3) is 0 Å². The summed E-state index contributed by atoms with van der Waals surface area (Å²) in [6.07, 6.45) is 3.88. The fraction of sp³-hybridized carbons (Fsp3) is 0.750. The lowest BCUT2D eigenvalue weighted by Gasteiger charge is -2.14. The molecule has 2 rings (SSSR count). The Kier molecular flexibility index (Phi) is 3.89. The van der Waals surface area contributed by atoms with Crippen molar-refractivity contribution in [3.8, 4) is 0 Å². The highest BCUT2D eigenvalue weighted by Gasteiger charge is 2.11. The average Bonchev–Trinajstić information content (AvgIpc) is 2.87. The van der Waals surface area contributed by atoms with Gasteiger partial charge in [0.05, 0.1) is 11.4 Å². The van der Waals surface area contributed by atoms with Crippen LogP contribution in [0.4, 0.5) is 11.5 Å². The second-order valence-corrected chi connectivity index (χ2v) is 4.80. The van der Waals surface area contributed by atoms with Crippen LogP contribution < -0.4 is 11.1 Å². The molecule has 0 aliphatic carbocycles. The lowest BCUT2D eigenvalue weighted by Crippen LogP contribution is -2.22. The maximum atomic E-state index is 5.95. The summed E-state index contributed by atoms with van der Waals surface area (Å²) in [5.41, 5.74) is 7.62. The van der Waals surface area contributed by atoms with Gasteiger partial charge in [0.2, 0.25) is 0 Å². The van der Waals surface area contributed by atoms with E-state index in [9.17, 15) is 0 Å². The number of hydrogen-bond donors (Lipinski definition) is 2. The number of nitrogen functional groups attached to an aromatic ring is 1. The molecule has 1 aromatic heterocycles. The molecule has 0 saturated carbocycles. The Bertz CT molecular complexity index is 365. The quantitative estimate of drug-likeness (QED) is 0.756. The minimum Gasteiger partial charge on any atom is -0.394 e. The summed E-state index contributed by atoms with van der Waals surface area (Å²) in [5.74, 6) is 0.948. The molecule has 1 aromatic rings. The zero-order valence-electron chi connectivity index (χ0n) is 10.9. The highest BCUT2D eigenvalue weighted by Crippen LogP contribution is 2.20. The number of rotatable bonds is 5. The number of anilines is 2. The molecule has 0 radical (unpaired) electrons. The summed E-state index contributed by atoms with van der Waals surface area (Å²) in [5, 5.41) is 7.66. The van der Waals surface area contributed by atoms with E-state index in [-0.39, 0.29) is 0 Å². The Balaban J connectivity index is 1.74. The minimum absolute atomic E-state index is 0.772. The summed E-state index contributed by atoms with van der Waals surface area (Å²) in [4.78, 5) is 2.53. The zero-order chi connectivity index (χ0) is 12.3. The molecule has 0 atom stereocenters. The highest BCUT2D eigenvalue weighted by molar-refractivity contribution is 5.64. The molecule has 0 amide bonds. The van der Waals surface area contributed by atoms with Crippen LogP contribution in [0.15, 0.2) is 0 Å². The first-order valence-corrected chi connectivity index (χ1v) is 6.44. The zero-order valence-corrected chi connectivity index (χ0v) is 10.9. The number of likely N-dealkylation sites (tertiary alicyclic amines) is 1. The van der Waals surface area contributed by atoms with E-state index in [1.165, 1.54) is 32.5 Å². The van der Waals surface area contributed by atoms with Gasteiger partial charge in [-0.05, 0) is 45.8 Å². The lowest BCUT2D eigenvalue weighted by atomic mass is 10.3. The first-order valence-electron chi connectivity index (χ1n) is 6.44. The van der Waals surface area contributed by atoms with E-state index in [1.807, 2.05) is 18.7 Å². The molecular formula is C12H23N5. The topological polar surface area (TPSA) is 59.1 Å². The standard InChI is InChI=1S/C12H23N5/c1-10-11(13)12(16(2)15-10)14-6-5-9-17-7-3-4-8-17/h14H,3-9,13H2,1-2H3. The largest absolute Gasteiger partial charge is 0.394 e. The average molecular weight is 237 g/mol. The molecule has 1 aliphatic heterocycles. The van der Waals surface area contributed by atoms with Gasteiger partial charge in [0.15, 0.2) is 0 Å². The number of hydrogen-bond acceptors (Lipinski definition) is 4. The third-order valence-corrected chi connectivity index (χ3v) is 3.41. The van der Waals surface area contributed by atoms with Crippen LogP contribution >= 0.6 is 0 Å². The molecule has 0 bridgehead atoms. The maximum Gasteiger partial charge on any atom is 0.147 e. The Morgan fingerprint density at radius 1 is 1.35 bits per heavy atom. The van der Waals surface area contributed by atoms with Gasteiger partial charge in [-0.2, -0.15) is 5.10 Å². The molecule has 17 heavy (non-hydrogen) atoms. The predicted octanol–water partition coefficient (Wildman–Crippen LogP) is 1.21. The maximum absolute atomic E-state index is 5.95. The number of aryl methyl sites for hydroxylation is 2. The first-order chi connectivity index (χ1) is 8.18. The normalized spacial score (nSPS) is 16.6. The Morgan fingerprint density at radius 2 is 2.06 bits per heavy atom. The number of nitrogens with zero attached hydrogens (tertiary/aromatic N) is 3. The van der Waals surface area contributed by atoms with Crippen molar-refractivity contribution in [2.75, 3.05) is 37.2 Å². The van der Waals surface area contributed by atoms with Crippen LogP contribution in [0.1, 0.15) is 25.0 Å². The highest BCUT2D eigenvalue weighted by atomic mass is 15.3. The lowest BCUT2D eigenvalue weighted by molar-refractivity contribution is 0.337. The van der Waals surface area contributed by atoms with Crippen molar-refractivity contribution in [2.24, 2.45) is 7.05 Å². The van der Waals surface area contributed by atoms with Gasteiger partial charge in [-0.25, -0.2) is 0 Å². The van der Waals surface area contributed by atoms with Gasteiger partial charge in [-0.3, -0.25) is 4.68 Å². The van der Waals surface area contributed by atoms with E-state index >= 15 is 0 Å². The molecule has 5 nitrogen and oxygen atoms in total. The van der Waals surface area contributed by atoms with Crippen LogP contribution in [0.5, 0.6) is 0 Å². The van der Waals surface area contributed by atoms with Crippen molar-refractivity contribution in [3.63, 3.8) is 0 Å². The molecule has 5 heteroatoms. The molecule has 3 N–H and O–H groups in total. The summed E-state index contributed by atoms with van der Waals surface area (Å²) in [6.45, 7) is 6.62. The van der Waals surface area contributed by atoms with E-state index < -0.39 is 0 Å². The molecule has 0 aromatic carbocycles. The Labute approximate surface area is 103 Å². The van der Waals surface area contributed by atoms with Gasteiger partial charge in [-0.15, -0.1) is 0 Å². The van der Waals surface area contributed by atoms with Gasteiger partial charge in [0, 0.05) is 13.6 Å². The second-order valence-electron chi connectivity index (χ2n) is 4.80. The van der Waals surface area contributed by atoms with E-state index in [4.69, 9.17) is 5.73 Å². The third kappa shape index (κ3) is 2.91. The van der Waals surface area contributed by atoms with Crippen molar-refractivity contribution < 1.29 is 0 Å². The van der Waals surface area contributed by atoms with E-state index in [2.05, 4.69) is 15.3 Å². The van der Waals surface area contributed by atoms with Crippen molar-refractivity contribution in [1.82, 2.24) is 14.7 Å². The van der Waals surface area contributed by atoms with Crippen molar-refractivity contribution in [2.45, 2.75) is 26.2 Å². The second kappa shape index (κ2) is 5.40. The van der Waals surface area contributed by atoms with Crippen LogP contribution in [0.2, 0.25) is 0 Å². The number of aromatic nitrogens is 2. The molecule has 2 heterocycles. The molecule has 96 valence electrons. The molecule has 1 aliphatic rings. The van der Waals surface area contributed by atoms with Crippen LogP contribution in [0.25, 0.3) is 0 Å². The fourth-order valence-electron chi connectivity index (χ4n) is 2.40. The monoisotopic (exact) mass is 237 g/mol. The first kappa shape index (κ1) is 12.2. The molecule has 1 fully saturated rings. The minimum atomic E-state index is 0.772.